The van der Waals surface area contributed by atoms with Gasteiger partial charge >= 0.3 is 0 Å². The van der Waals surface area contributed by atoms with Gasteiger partial charge in [0, 0.05) is 59.2 Å². The smallest absolute Gasteiger partial charge is 0.261 e. The summed E-state index contributed by atoms with van der Waals surface area (Å²) >= 11 is 11.4. The maximum atomic E-state index is 13.5. The highest BCUT2D eigenvalue weighted by Crippen LogP contribution is 2.42. The van der Waals surface area contributed by atoms with E-state index >= 15 is 0 Å². The lowest BCUT2D eigenvalue weighted by Crippen LogP contribution is -2.54. The minimum Gasteiger partial charge on any atom is -0.369 e. The summed E-state index contributed by atoms with van der Waals surface area (Å²) in [5, 5.41) is 4.21. The second kappa shape index (κ2) is 13.6. The number of nitrogens with one attached hydrogen (secondary N) is 1. The highest BCUT2D eigenvalue weighted by molar-refractivity contribution is 9.10. The van der Waals surface area contributed by atoms with Crippen LogP contribution in [-0.2, 0) is 9.59 Å². The molecule has 2 aromatic carbocycles. The standard InChI is InChI=1S/C30H36BrClN4O2S/c31-23-7-3-6-22(18-23)19-28-30(38)36(26-10-1-2-11-27(26)39-28)21-29(37)33-12-5-13-34-14-16-35(17-15-34)25-9-4-8-24(32)20-25/h3-4,6-9,18-20,26-27H,1-2,5,10-17,21H2,(H,33,37)/b28-19+. The fourth-order valence-corrected chi connectivity index (χ4v) is 7.83. The second-order valence-corrected chi connectivity index (χ2v) is 13.1. The Balaban J connectivity index is 1.10. The first kappa shape index (κ1) is 28.5. The highest BCUT2D eigenvalue weighted by Gasteiger charge is 2.41. The number of fused-ring (bicyclic) bond motifs is 1. The zero-order valence-electron chi connectivity index (χ0n) is 22.2. The Morgan fingerprint density at radius 3 is 2.67 bits per heavy atom. The van der Waals surface area contributed by atoms with E-state index in [9.17, 15) is 9.59 Å². The number of hydrogen-bond donors (Lipinski definition) is 1. The van der Waals surface area contributed by atoms with Gasteiger partial charge in [-0.2, -0.15) is 0 Å². The van der Waals surface area contributed by atoms with Crippen molar-refractivity contribution in [2.45, 2.75) is 43.4 Å². The van der Waals surface area contributed by atoms with Crippen LogP contribution in [0.25, 0.3) is 6.08 Å². The fraction of sp³-hybridized carbons (Fsp3) is 0.467. The van der Waals surface area contributed by atoms with Crippen molar-refractivity contribution in [3.05, 3.63) is 68.5 Å². The number of anilines is 1. The van der Waals surface area contributed by atoms with Crippen molar-refractivity contribution in [1.82, 2.24) is 15.1 Å². The molecule has 3 fully saturated rings. The van der Waals surface area contributed by atoms with Crippen LogP contribution in [0.2, 0.25) is 5.02 Å². The molecule has 2 unspecified atom stereocenters. The van der Waals surface area contributed by atoms with Crippen LogP contribution in [0, 0.1) is 0 Å². The molecule has 1 saturated carbocycles. The molecule has 0 bridgehead atoms. The van der Waals surface area contributed by atoms with Crippen LogP contribution in [0.5, 0.6) is 0 Å². The Bertz CT molecular complexity index is 1200. The van der Waals surface area contributed by atoms with Crippen molar-refractivity contribution in [3.63, 3.8) is 0 Å². The SMILES string of the molecule is O=C(CN1C(=O)/C(=C\c2cccc(Br)c2)SC2CCCCC21)NCCCN1CCN(c2cccc(Cl)c2)CC1. The Morgan fingerprint density at radius 2 is 1.87 bits per heavy atom. The summed E-state index contributed by atoms with van der Waals surface area (Å²) in [6.07, 6.45) is 7.22. The third-order valence-electron chi connectivity index (χ3n) is 7.80. The summed E-state index contributed by atoms with van der Waals surface area (Å²) in [5.41, 5.74) is 2.17. The summed E-state index contributed by atoms with van der Waals surface area (Å²) < 4.78 is 0.986. The molecule has 3 aliphatic rings. The predicted octanol–water partition coefficient (Wildman–Crippen LogP) is 5.66. The number of hydrogen-bond acceptors (Lipinski definition) is 5. The fourth-order valence-electron chi connectivity index (χ4n) is 5.75. The second-order valence-electron chi connectivity index (χ2n) is 10.5. The molecule has 2 saturated heterocycles. The van der Waals surface area contributed by atoms with Crippen LogP contribution in [0.3, 0.4) is 0 Å². The third kappa shape index (κ3) is 7.60. The molecule has 1 N–H and O–H groups in total. The zero-order chi connectivity index (χ0) is 27.2. The van der Waals surface area contributed by atoms with E-state index in [0.29, 0.717) is 11.8 Å². The van der Waals surface area contributed by atoms with Crippen LogP contribution in [0.1, 0.15) is 37.7 Å². The molecule has 0 aromatic heterocycles. The molecule has 0 spiro atoms. The highest BCUT2D eigenvalue weighted by atomic mass is 79.9. The minimum absolute atomic E-state index is 0.0177. The number of piperazine rings is 1. The summed E-state index contributed by atoms with van der Waals surface area (Å²) in [4.78, 5) is 33.9. The van der Waals surface area contributed by atoms with E-state index in [-0.39, 0.29) is 24.4 Å². The summed E-state index contributed by atoms with van der Waals surface area (Å²) in [5.74, 6) is -0.0806. The van der Waals surface area contributed by atoms with Crippen molar-refractivity contribution >= 4 is 62.9 Å². The molecule has 5 rings (SSSR count). The van der Waals surface area contributed by atoms with Gasteiger partial charge in [-0.15, -0.1) is 11.8 Å². The number of halogens is 2. The Labute approximate surface area is 249 Å². The molecule has 2 aliphatic heterocycles. The van der Waals surface area contributed by atoms with Gasteiger partial charge in [0.15, 0.2) is 0 Å². The Kier molecular flexibility index (Phi) is 9.93. The quantitative estimate of drug-likeness (QED) is 0.301. The molecule has 6 nitrogen and oxygen atoms in total. The molecular weight excluding hydrogens is 596 g/mol. The maximum Gasteiger partial charge on any atom is 0.261 e. The lowest BCUT2D eigenvalue weighted by molar-refractivity contribution is -0.135. The monoisotopic (exact) mass is 630 g/mol. The number of amides is 2. The van der Waals surface area contributed by atoms with Crippen molar-refractivity contribution in [2.75, 3.05) is 50.7 Å². The average Bonchev–Trinajstić information content (AvgIpc) is 2.94. The van der Waals surface area contributed by atoms with E-state index in [1.165, 1.54) is 12.1 Å². The van der Waals surface area contributed by atoms with E-state index in [2.05, 4.69) is 37.1 Å². The summed E-state index contributed by atoms with van der Waals surface area (Å²) in [6, 6.07) is 16.1. The number of thioether (sulfide) groups is 1. The zero-order valence-corrected chi connectivity index (χ0v) is 25.3. The molecule has 208 valence electrons. The van der Waals surface area contributed by atoms with Crippen molar-refractivity contribution in [3.8, 4) is 0 Å². The van der Waals surface area contributed by atoms with Gasteiger partial charge in [0.05, 0.1) is 4.91 Å². The largest absolute Gasteiger partial charge is 0.369 e. The number of benzene rings is 2. The molecule has 2 aromatic rings. The van der Waals surface area contributed by atoms with E-state index in [0.717, 1.165) is 78.4 Å². The van der Waals surface area contributed by atoms with Crippen LogP contribution in [0.4, 0.5) is 5.69 Å². The summed E-state index contributed by atoms with van der Waals surface area (Å²) in [6.45, 7) is 5.65. The Hall–Kier alpha value is -2.00. The molecule has 9 heteroatoms. The van der Waals surface area contributed by atoms with Crippen molar-refractivity contribution in [2.24, 2.45) is 0 Å². The minimum atomic E-state index is -0.0628. The normalized spacial score (nSPS) is 23.1. The molecule has 0 radical (unpaired) electrons. The average molecular weight is 632 g/mol. The van der Waals surface area contributed by atoms with Gasteiger partial charge in [0.25, 0.3) is 5.91 Å². The van der Waals surface area contributed by atoms with Crippen LogP contribution < -0.4 is 10.2 Å². The maximum absolute atomic E-state index is 13.5. The topological polar surface area (TPSA) is 55.9 Å². The first-order valence-corrected chi connectivity index (χ1v) is 16.0. The lowest BCUT2D eigenvalue weighted by atomic mass is 9.93. The van der Waals surface area contributed by atoms with E-state index in [4.69, 9.17) is 11.6 Å². The van der Waals surface area contributed by atoms with Crippen LogP contribution in [0.15, 0.2) is 57.9 Å². The number of rotatable bonds is 8. The summed E-state index contributed by atoms with van der Waals surface area (Å²) in [7, 11) is 0. The first-order valence-electron chi connectivity index (χ1n) is 13.9. The van der Waals surface area contributed by atoms with E-state index in [1.54, 1.807) is 11.8 Å². The number of carbonyl (C=O) groups is 2. The molecule has 2 amide bonds. The van der Waals surface area contributed by atoms with Gasteiger partial charge in [-0.1, -0.05) is 58.6 Å². The van der Waals surface area contributed by atoms with Gasteiger partial charge in [-0.25, -0.2) is 0 Å². The molecule has 2 heterocycles. The van der Waals surface area contributed by atoms with Crippen molar-refractivity contribution in [1.29, 1.82) is 0 Å². The third-order valence-corrected chi connectivity index (χ3v) is 9.92. The number of carbonyl (C=O) groups excluding carboxylic acids is 2. The van der Waals surface area contributed by atoms with Gasteiger partial charge in [0.1, 0.15) is 6.54 Å². The first-order chi connectivity index (χ1) is 19.0. The van der Waals surface area contributed by atoms with E-state index in [1.807, 2.05) is 53.4 Å². The van der Waals surface area contributed by atoms with Gasteiger partial charge in [0.2, 0.25) is 5.91 Å². The molecule has 39 heavy (non-hydrogen) atoms. The van der Waals surface area contributed by atoms with E-state index < -0.39 is 0 Å². The number of nitrogens with zero attached hydrogens (tertiary/aromatic N) is 3. The predicted molar refractivity (Wildman–Crippen MR) is 165 cm³/mol. The molecular formula is C30H36BrClN4O2S. The van der Waals surface area contributed by atoms with Gasteiger partial charge < -0.3 is 15.1 Å². The lowest BCUT2D eigenvalue weighted by Gasteiger charge is -2.43. The molecule has 1 aliphatic carbocycles. The van der Waals surface area contributed by atoms with Crippen LogP contribution in [-0.4, -0.2) is 78.7 Å². The van der Waals surface area contributed by atoms with Gasteiger partial charge in [-0.05, 0) is 67.8 Å². The van der Waals surface area contributed by atoms with Gasteiger partial charge in [-0.3, -0.25) is 14.5 Å². The van der Waals surface area contributed by atoms with Crippen molar-refractivity contribution < 1.29 is 9.59 Å². The van der Waals surface area contributed by atoms with Crippen LogP contribution >= 0.6 is 39.3 Å². The molecule has 2 atom stereocenters. The Morgan fingerprint density at radius 1 is 1.08 bits per heavy atom.